The summed E-state index contributed by atoms with van der Waals surface area (Å²) in [4.78, 5) is 26.4. The number of carbonyl (C=O) groups is 2. The van der Waals surface area contributed by atoms with E-state index in [0.717, 1.165) is 31.4 Å². The van der Waals surface area contributed by atoms with Gasteiger partial charge < -0.3 is 14.2 Å². The summed E-state index contributed by atoms with van der Waals surface area (Å²) >= 11 is 0. The fraction of sp³-hybridized carbons (Fsp3) is 0.636. The maximum atomic E-state index is 12.9. The Hall–Kier alpha value is -2.08. The third kappa shape index (κ3) is 2.65. The van der Waals surface area contributed by atoms with Crippen LogP contribution in [0.5, 0.6) is 11.5 Å². The van der Waals surface area contributed by atoms with E-state index in [1.165, 1.54) is 18.1 Å². The summed E-state index contributed by atoms with van der Waals surface area (Å²) in [6.45, 7) is 3.86. The van der Waals surface area contributed by atoms with E-state index in [9.17, 15) is 9.59 Å². The van der Waals surface area contributed by atoms with Crippen LogP contribution in [-0.2, 0) is 26.2 Å². The molecule has 1 aliphatic heterocycles. The van der Waals surface area contributed by atoms with Crippen molar-refractivity contribution >= 4 is 11.8 Å². The number of likely N-dealkylation sites (N-methyl/N-ethyl adjacent to an activating group) is 1. The van der Waals surface area contributed by atoms with Gasteiger partial charge in [-0.1, -0.05) is 19.4 Å². The van der Waals surface area contributed by atoms with E-state index in [1.807, 2.05) is 13.1 Å². The van der Waals surface area contributed by atoms with Crippen LogP contribution in [0.25, 0.3) is 0 Å². The Morgan fingerprint density at radius 3 is 2.86 bits per heavy atom. The smallest absolute Gasteiger partial charge is 0.303 e. The van der Waals surface area contributed by atoms with E-state index < -0.39 is 6.10 Å². The molecular formula is C22H29NO5. The molecule has 1 heterocycles. The molecule has 4 rings (SSSR count). The summed E-state index contributed by atoms with van der Waals surface area (Å²) < 4.78 is 17.2. The van der Waals surface area contributed by atoms with E-state index >= 15 is 0 Å². The van der Waals surface area contributed by atoms with Crippen molar-refractivity contribution in [2.45, 2.75) is 63.5 Å². The predicted molar refractivity (Wildman–Crippen MR) is 104 cm³/mol. The van der Waals surface area contributed by atoms with Crippen molar-refractivity contribution in [3.8, 4) is 11.5 Å². The van der Waals surface area contributed by atoms with Crippen LogP contribution >= 0.6 is 0 Å². The topological polar surface area (TPSA) is 65.1 Å². The second kappa shape index (κ2) is 7.07. The first-order valence-corrected chi connectivity index (χ1v) is 10.2. The molecule has 0 unspecified atom stereocenters. The zero-order valence-corrected chi connectivity index (χ0v) is 17.1. The summed E-state index contributed by atoms with van der Waals surface area (Å²) in [7, 11) is 3.65. The van der Waals surface area contributed by atoms with Gasteiger partial charge in [-0.05, 0) is 43.9 Å². The van der Waals surface area contributed by atoms with Gasteiger partial charge in [0.25, 0.3) is 0 Å². The van der Waals surface area contributed by atoms with Gasteiger partial charge in [0.1, 0.15) is 6.73 Å². The molecule has 2 aliphatic carbocycles. The number of ether oxygens (including phenoxy) is 3. The zero-order chi connectivity index (χ0) is 20.1. The molecule has 0 bridgehead atoms. The van der Waals surface area contributed by atoms with E-state index in [1.54, 1.807) is 7.11 Å². The van der Waals surface area contributed by atoms with E-state index in [4.69, 9.17) is 14.2 Å². The number of esters is 1. The molecule has 6 heteroatoms. The fourth-order valence-electron chi connectivity index (χ4n) is 5.85. The van der Waals surface area contributed by atoms with Crippen molar-refractivity contribution in [3.05, 3.63) is 23.3 Å². The summed E-state index contributed by atoms with van der Waals surface area (Å²) in [6.07, 6.45) is 3.65. The highest BCUT2D eigenvalue weighted by Crippen LogP contribution is 2.61. The summed E-state index contributed by atoms with van der Waals surface area (Å²) in [6, 6.07) is 4.25. The molecule has 1 aromatic carbocycles. The number of methoxy groups -OCH3 is 1. The maximum Gasteiger partial charge on any atom is 0.303 e. The van der Waals surface area contributed by atoms with E-state index in [0.29, 0.717) is 12.2 Å². The molecule has 1 fully saturated rings. The molecule has 28 heavy (non-hydrogen) atoms. The molecule has 6 nitrogen and oxygen atoms in total. The number of hydrogen-bond acceptors (Lipinski definition) is 6. The lowest BCUT2D eigenvalue weighted by Gasteiger charge is -2.52. The molecule has 3 aliphatic rings. The molecule has 0 aromatic heterocycles. The van der Waals surface area contributed by atoms with Crippen LogP contribution in [0, 0.1) is 5.92 Å². The van der Waals surface area contributed by atoms with Crippen LogP contribution < -0.4 is 9.47 Å². The SMILES string of the molecule is CCC[C@]12c3c4ccc(OC)c3O[C@H]1C(=O)CC[C@H]2[C@H](N(C)COC(C)=O)C4. The van der Waals surface area contributed by atoms with Gasteiger partial charge in [-0.2, -0.15) is 0 Å². The third-order valence-corrected chi connectivity index (χ3v) is 6.85. The number of ketones is 1. The predicted octanol–water partition coefficient (Wildman–Crippen LogP) is 2.85. The van der Waals surface area contributed by atoms with Gasteiger partial charge in [-0.25, -0.2) is 0 Å². The number of carbonyl (C=O) groups excluding carboxylic acids is 2. The number of benzene rings is 1. The number of hydrogen-bond donors (Lipinski definition) is 0. The van der Waals surface area contributed by atoms with E-state index in [2.05, 4.69) is 17.9 Å². The Morgan fingerprint density at radius 1 is 1.39 bits per heavy atom. The Kier molecular flexibility index (Phi) is 4.86. The summed E-state index contributed by atoms with van der Waals surface area (Å²) in [5.41, 5.74) is 2.09. The monoisotopic (exact) mass is 387 g/mol. The summed E-state index contributed by atoms with van der Waals surface area (Å²) in [5, 5.41) is 0. The molecule has 0 spiro atoms. The van der Waals surface area contributed by atoms with Crippen LogP contribution in [0.15, 0.2) is 12.1 Å². The first kappa shape index (κ1) is 19.2. The van der Waals surface area contributed by atoms with Crippen LogP contribution in [0.3, 0.4) is 0 Å². The van der Waals surface area contributed by atoms with Crippen LogP contribution in [0.4, 0.5) is 0 Å². The van der Waals surface area contributed by atoms with Gasteiger partial charge in [0.05, 0.1) is 7.11 Å². The van der Waals surface area contributed by atoms with Gasteiger partial charge in [-0.15, -0.1) is 0 Å². The van der Waals surface area contributed by atoms with Crippen molar-refractivity contribution in [2.75, 3.05) is 20.9 Å². The zero-order valence-electron chi connectivity index (χ0n) is 17.1. The molecule has 1 saturated carbocycles. The minimum absolute atomic E-state index is 0.192. The normalized spacial score (nSPS) is 30.0. The third-order valence-electron chi connectivity index (χ3n) is 6.85. The van der Waals surface area contributed by atoms with Gasteiger partial charge in [0, 0.05) is 30.4 Å². The van der Waals surface area contributed by atoms with Gasteiger partial charge in [0.2, 0.25) is 0 Å². The fourth-order valence-corrected chi connectivity index (χ4v) is 5.85. The second-order valence-corrected chi connectivity index (χ2v) is 8.32. The quantitative estimate of drug-likeness (QED) is 0.552. The average Bonchev–Trinajstić information content (AvgIpc) is 3.03. The van der Waals surface area contributed by atoms with Crippen molar-refractivity contribution in [1.82, 2.24) is 4.90 Å². The lowest BCUT2D eigenvalue weighted by atomic mass is 9.53. The highest BCUT2D eigenvalue weighted by molar-refractivity contribution is 5.89. The minimum atomic E-state index is -0.443. The van der Waals surface area contributed by atoms with Crippen molar-refractivity contribution in [2.24, 2.45) is 5.92 Å². The first-order chi connectivity index (χ1) is 13.4. The Labute approximate surface area is 166 Å². The Morgan fingerprint density at radius 2 is 2.18 bits per heavy atom. The molecule has 152 valence electrons. The van der Waals surface area contributed by atoms with Crippen LogP contribution in [0.1, 0.15) is 50.7 Å². The molecule has 0 N–H and O–H groups in total. The largest absolute Gasteiger partial charge is 0.493 e. The van der Waals surface area contributed by atoms with Crippen molar-refractivity contribution in [3.63, 3.8) is 0 Å². The van der Waals surface area contributed by atoms with Crippen LogP contribution in [0.2, 0.25) is 0 Å². The van der Waals surface area contributed by atoms with Gasteiger partial charge in [0.15, 0.2) is 23.4 Å². The van der Waals surface area contributed by atoms with Gasteiger partial charge >= 0.3 is 5.97 Å². The standard InChI is InChI=1S/C22H29NO5/c1-5-10-22-15-7-8-17(25)21(22)28-20-18(26-4)9-6-14(19(20)22)11-16(15)23(3)12-27-13(2)24/h6,9,15-16,21H,5,7-8,10-12H2,1-4H3/t15-,16+,21-,22-/m0/s1. The molecule has 0 amide bonds. The highest BCUT2D eigenvalue weighted by Gasteiger charge is 2.63. The molecule has 0 saturated heterocycles. The second-order valence-electron chi connectivity index (χ2n) is 8.32. The molecular weight excluding hydrogens is 358 g/mol. The van der Waals surface area contributed by atoms with Crippen molar-refractivity contribution in [1.29, 1.82) is 0 Å². The molecule has 0 radical (unpaired) electrons. The van der Waals surface area contributed by atoms with Gasteiger partial charge in [-0.3, -0.25) is 14.5 Å². The maximum absolute atomic E-state index is 12.9. The number of rotatable bonds is 6. The lowest BCUT2D eigenvalue weighted by molar-refractivity contribution is -0.148. The Balaban J connectivity index is 1.84. The molecule has 1 aromatic rings. The summed E-state index contributed by atoms with van der Waals surface area (Å²) in [5.74, 6) is 1.66. The van der Waals surface area contributed by atoms with Crippen LogP contribution in [-0.4, -0.2) is 49.7 Å². The number of Topliss-reactive ketones (excluding diaryl/α,β-unsaturated/α-hetero) is 1. The minimum Gasteiger partial charge on any atom is -0.493 e. The number of nitrogens with zero attached hydrogens (tertiary/aromatic N) is 1. The average molecular weight is 387 g/mol. The Bertz CT molecular complexity index is 806. The lowest BCUT2D eigenvalue weighted by Crippen LogP contribution is -2.61. The highest BCUT2D eigenvalue weighted by atomic mass is 16.5. The first-order valence-electron chi connectivity index (χ1n) is 10.2. The van der Waals surface area contributed by atoms with E-state index in [-0.39, 0.29) is 35.9 Å². The molecule has 4 atom stereocenters. The van der Waals surface area contributed by atoms with Crippen molar-refractivity contribution < 1.29 is 23.8 Å².